The van der Waals surface area contributed by atoms with Gasteiger partial charge in [0.15, 0.2) is 5.69 Å². The zero-order valence-corrected chi connectivity index (χ0v) is 22.1. The minimum Gasteiger partial charge on any atom is -0.497 e. The summed E-state index contributed by atoms with van der Waals surface area (Å²) in [5.41, 5.74) is 12.2. The minimum atomic E-state index is -1.05. The van der Waals surface area contributed by atoms with E-state index in [2.05, 4.69) is 9.69 Å². The SMILES string of the molecule is COc1ccc([C@H](C(=O)NC2CCCCC2)N(C(=O)c2snc(C(N)=O)c2N)c2ccc(OC)cc2)cc1. The van der Waals surface area contributed by atoms with Gasteiger partial charge in [0, 0.05) is 11.7 Å². The van der Waals surface area contributed by atoms with Crippen LogP contribution in [0.4, 0.5) is 11.4 Å². The third-order valence-electron chi connectivity index (χ3n) is 6.61. The number of methoxy groups -OCH3 is 2. The van der Waals surface area contributed by atoms with Gasteiger partial charge in [-0.2, -0.15) is 4.37 Å². The van der Waals surface area contributed by atoms with E-state index in [1.807, 2.05) is 0 Å². The normalized spacial score (nSPS) is 14.4. The number of nitrogen functional groups attached to an aromatic ring is 1. The fourth-order valence-electron chi connectivity index (χ4n) is 4.60. The summed E-state index contributed by atoms with van der Waals surface area (Å²) in [6.07, 6.45) is 4.96. The van der Waals surface area contributed by atoms with E-state index in [0.717, 1.165) is 43.6 Å². The maximum Gasteiger partial charge on any atom is 0.273 e. The standard InChI is InChI=1S/C27H31N5O5S/c1-36-19-12-8-16(9-13-19)23(26(34)30-17-6-4-3-5-7-17)32(18-10-14-20(37-2)15-11-18)27(35)24-21(28)22(25(29)33)31-38-24/h8-15,17,23H,3-7,28H2,1-2H3,(H2,29,33)(H,30,34)/t23-/m1/s1. The molecule has 200 valence electrons. The van der Waals surface area contributed by atoms with E-state index in [9.17, 15) is 14.4 Å². The highest BCUT2D eigenvalue weighted by Gasteiger charge is 2.37. The van der Waals surface area contributed by atoms with Crippen molar-refractivity contribution in [2.45, 2.75) is 44.2 Å². The summed E-state index contributed by atoms with van der Waals surface area (Å²) in [7, 11) is 3.09. The van der Waals surface area contributed by atoms with Crippen molar-refractivity contribution >= 4 is 40.6 Å². The number of nitrogens with two attached hydrogens (primary N) is 2. The molecule has 1 aliphatic rings. The van der Waals surface area contributed by atoms with Gasteiger partial charge in [-0.3, -0.25) is 19.3 Å². The third kappa shape index (κ3) is 5.72. The van der Waals surface area contributed by atoms with Crippen molar-refractivity contribution in [1.82, 2.24) is 9.69 Å². The lowest BCUT2D eigenvalue weighted by Gasteiger charge is -2.33. The molecule has 0 spiro atoms. The van der Waals surface area contributed by atoms with Gasteiger partial charge in [0.2, 0.25) is 5.91 Å². The number of hydrogen-bond donors (Lipinski definition) is 3. The summed E-state index contributed by atoms with van der Waals surface area (Å²) >= 11 is 0.766. The lowest BCUT2D eigenvalue weighted by atomic mass is 9.94. The van der Waals surface area contributed by atoms with Crippen LogP contribution in [0.3, 0.4) is 0 Å². The zero-order valence-electron chi connectivity index (χ0n) is 21.3. The summed E-state index contributed by atoms with van der Waals surface area (Å²) in [5, 5.41) is 3.16. The first-order chi connectivity index (χ1) is 18.3. The molecule has 38 heavy (non-hydrogen) atoms. The molecule has 1 saturated carbocycles. The Morgan fingerprint density at radius 3 is 2.08 bits per heavy atom. The second-order valence-corrected chi connectivity index (χ2v) is 9.80. The average Bonchev–Trinajstić information content (AvgIpc) is 3.33. The second kappa shape index (κ2) is 12.0. The maximum absolute atomic E-state index is 14.1. The topological polar surface area (TPSA) is 150 Å². The highest BCUT2D eigenvalue weighted by Crippen LogP contribution is 2.35. The molecule has 5 N–H and O–H groups in total. The van der Waals surface area contributed by atoms with Crippen molar-refractivity contribution in [3.8, 4) is 11.5 Å². The fourth-order valence-corrected chi connectivity index (χ4v) is 5.34. The Morgan fingerprint density at radius 1 is 0.974 bits per heavy atom. The number of benzene rings is 2. The number of nitrogens with one attached hydrogen (secondary N) is 1. The highest BCUT2D eigenvalue weighted by atomic mass is 32.1. The fraction of sp³-hybridized carbons (Fsp3) is 0.333. The third-order valence-corrected chi connectivity index (χ3v) is 7.47. The quantitative estimate of drug-likeness (QED) is 0.377. The Labute approximate surface area is 225 Å². The first kappa shape index (κ1) is 26.9. The zero-order chi connectivity index (χ0) is 27.2. The van der Waals surface area contributed by atoms with Gasteiger partial charge >= 0.3 is 0 Å². The number of aromatic nitrogens is 1. The van der Waals surface area contributed by atoms with Gasteiger partial charge < -0.3 is 26.3 Å². The molecule has 0 unspecified atom stereocenters. The van der Waals surface area contributed by atoms with Crippen molar-refractivity contribution in [2.24, 2.45) is 5.73 Å². The van der Waals surface area contributed by atoms with Crippen molar-refractivity contribution in [3.63, 3.8) is 0 Å². The number of amides is 3. The predicted octanol–water partition coefficient (Wildman–Crippen LogP) is 3.68. The molecule has 3 amide bonds. The Balaban J connectivity index is 1.83. The van der Waals surface area contributed by atoms with Crippen LogP contribution in [0.2, 0.25) is 0 Å². The number of primary amides is 1. The van der Waals surface area contributed by atoms with Crippen LogP contribution in [0.5, 0.6) is 11.5 Å². The lowest BCUT2D eigenvalue weighted by molar-refractivity contribution is -0.123. The van der Waals surface area contributed by atoms with Crippen LogP contribution < -0.4 is 31.2 Å². The molecule has 0 aliphatic heterocycles. The van der Waals surface area contributed by atoms with E-state index in [-0.39, 0.29) is 28.2 Å². The van der Waals surface area contributed by atoms with Gasteiger partial charge in [0.05, 0.1) is 19.9 Å². The van der Waals surface area contributed by atoms with Crippen LogP contribution in [0.1, 0.15) is 63.9 Å². The van der Waals surface area contributed by atoms with E-state index >= 15 is 0 Å². The molecule has 11 heteroatoms. The van der Waals surface area contributed by atoms with E-state index in [4.69, 9.17) is 20.9 Å². The second-order valence-electron chi connectivity index (χ2n) is 9.03. The Morgan fingerprint density at radius 2 is 1.55 bits per heavy atom. The minimum absolute atomic E-state index is 0.0126. The summed E-state index contributed by atoms with van der Waals surface area (Å²) in [6, 6.07) is 12.7. The van der Waals surface area contributed by atoms with Gasteiger partial charge in [-0.1, -0.05) is 31.4 Å². The van der Waals surface area contributed by atoms with Crippen molar-refractivity contribution in [2.75, 3.05) is 24.9 Å². The molecule has 1 atom stereocenters. The van der Waals surface area contributed by atoms with Crippen LogP contribution >= 0.6 is 11.5 Å². The van der Waals surface area contributed by atoms with Gasteiger partial charge in [0.25, 0.3) is 11.8 Å². The van der Waals surface area contributed by atoms with Crippen LogP contribution in [0.25, 0.3) is 0 Å². The molecule has 1 aromatic heterocycles. The molecule has 1 heterocycles. The summed E-state index contributed by atoms with van der Waals surface area (Å²) in [5.74, 6) is -0.556. The molecule has 3 aromatic rings. The largest absolute Gasteiger partial charge is 0.497 e. The van der Waals surface area contributed by atoms with Gasteiger partial charge in [-0.05, 0) is 66.3 Å². The van der Waals surface area contributed by atoms with Gasteiger partial charge in [-0.15, -0.1) is 0 Å². The average molecular weight is 538 g/mol. The van der Waals surface area contributed by atoms with E-state index in [1.165, 1.54) is 4.90 Å². The molecular weight excluding hydrogens is 506 g/mol. The number of carbonyl (C=O) groups excluding carboxylic acids is 3. The maximum atomic E-state index is 14.1. The number of rotatable bonds is 9. The lowest BCUT2D eigenvalue weighted by Crippen LogP contribution is -2.47. The molecular formula is C27H31N5O5S. The molecule has 4 rings (SSSR count). The molecule has 1 aliphatic carbocycles. The van der Waals surface area contributed by atoms with E-state index in [1.54, 1.807) is 62.8 Å². The molecule has 0 bridgehead atoms. The van der Waals surface area contributed by atoms with Crippen molar-refractivity contribution in [1.29, 1.82) is 0 Å². The Bertz CT molecular complexity index is 1290. The number of anilines is 2. The van der Waals surface area contributed by atoms with Crippen molar-refractivity contribution < 1.29 is 23.9 Å². The van der Waals surface area contributed by atoms with Gasteiger partial charge in [0.1, 0.15) is 22.4 Å². The van der Waals surface area contributed by atoms with E-state index < -0.39 is 17.9 Å². The Hall–Kier alpha value is -4.12. The van der Waals surface area contributed by atoms with Crippen LogP contribution in [-0.2, 0) is 4.79 Å². The summed E-state index contributed by atoms with van der Waals surface area (Å²) in [6.45, 7) is 0. The van der Waals surface area contributed by atoms with Gasteiger partial charge in [-0.25, -0.2) is 0 Å². The smallest absolute Gasteiger partial charge is 0.273 e. The summed E-state index contributed by atoms with van der Waals surface area (Å²) < 4.78 is 14.6. The molecule has 0 radical (unpaired) electrons. The van der Waals surface area contributed by atoms with Crippen molar-refractivity contribution in [3.05, 3.63) is 64.7 Å². The van der Waals surface area contributed by atoms with Crippen LogP contribution in [-0.4, -0.2) is 42.4 Å². The molecule has 10 nitrogen and oxygen atoms in total. The molecule has 2 aromatic carbocycles. The Kier molecular flexibility index (Phi) is 8.47. The first-order valence-corrected chi connectivity index (χ1v) is 13.1. The number of hydrogen-bond acceptors (Lipinski definition) is 8. The molecule has 0 saturated heterocycles. The van der Waals surface area contributed by atoms with Crippen LogP contribution in [0, 0.1) is 0 Å². The van der Waals surface area contributed by atoms with E-state index in [0.29, 0.717) is 22.7 Å². The molecule has 1 fully saturated rings. The predicted molar refractivity (Wildman–Crippen MR) is 146 cm³/mol. The summed E-state index contributed by atoms with van der Waals surface area (Å²) in [4.78, 5) is 41.2. The first-order valence-electron chi connectivity index (χ1n) is 12.3. The number of carbonyl (C=O) groups is 3. The monoisotopic (exact) mass is 537 g/mol. The van der Waals surface area contributed by atoms with Crippen LogP contribution in [0.15, 0.2) is 48.5 Å². The number of nitrogens with zero attached hydrogens (tertiary/aromatic N) is 2. The number of ether oxygens (including phenoxy) is 2. The highest BCUT2D eigenvalue weighted by molar-refractivity contribution is 7.09.